The maximum atomic E-state index is 14.1. The van der Waals surface area contributed by atoms with Crippen LogP contribution < -0.4 is 10.3 Å². The zero-order valence-corrected chi connectivity index (χ0v) is 23.9. The van der Waals surface area contributed by atoms with Gasteiger partial charge < -0.3 is 24.3 Å². The zero-order valence-electron chi connectivity index (χ0n) is 21.4. The Labute approximate surface area is 234 Å². The van der Waals surface area contributed by atoms with Crippen LogP contribution in [0, 0.1) is 0 Å². The van der Waals surface area contributed by atoms with Gasteiger partial charge in [0.05, 0.1) is 31.7 Å². The summed E-state index contributed by atoms with van der Waals surface area (Å²) < 4.78 is 40.4. The highest BCUT2D eigenvalue weighted by atomic mass is 33.1. The van der Waals surface area contributed by atoms with Crippen LogP contribution in [-0.2, 0) is 31.7 Å². The van der Waals surface area contributed by atoms with Gasteiger partial charge in [0.1, 0.15) is 23.7 Å². The van der Waals surface area contributed by atoms with Crippen molar-refractivity contribution in [2.45, 2.75) is 38.4 Å². The lowest BCUT2D eigenvalue weighted by atomic mass is 10.2. The van der Waals surface area contributed by atoms with Gasteiger partial charge in [0.2, 0.25) is 0 Å². The van der Waals surface area contributed by atoms with Crippen molar-refractivity contribution in [3.63, 3.8) is 0 Å². The van der Waals surface area contributed by atoms with E-state index in [9.17, 15) is 4.57 Å². The molecule has 0 bridgehead atoms. The molecule has 5 rings (SSSR count). The van der Waals surface area contributed by atoms with Crippen LogP contribution in [0.2, 0.25) is 0 Å². The van der Waals surface area contributed by atoms with Crippen LogP contribution in [0.4, 0.5) is 5.82 Å². The number of nitrogens with zero attached hydrogens (tertiary/aromatic N) is 4. The predicted octanol–water partition coefficient (Wildman–Crippen LogP) is 5.41. The van der Waals surface area contributed by atoms with Crippen LogP contribution in [0.1, 0.15) is 12.5 Å². The summed E-state index contributed by atoms with van der Waals surface area (Å²) in [5.74, 6) is 2.09. The molecular weight excluding hydrogens is 557 g/mol. The number of hydrogen-bond acceptors (Lipinski definition) is 11. The molecule has 0 aliphatic carbocycles. The largest absolute Gasteiger partial charge is 0.423 e. The Bertz CT molecular complexity index is 1400. The number of anilines is 1. The fourth-order valence-corrected chi connectivity index (χ4v) is 8.18. The van der Waals surface area contributed by atoms with E-state index in [2.05, 4.69) is 15.0 Å². The minimum absolute atomic E-state index is 0.230. The van der Waals surface area contributed by atoms with E-state index in [0.717, 1.165) is 5.56 Å². The molecule has 206 valence electrons. The van der Waals surface area contributed by atoms with Crippen LogP contribution in [0.15, 0.2) is 73.3 Å². The second-order valence-corrected chi connectivity index (χ2v) is 13.4. The highest BCUT2D eigenvalue weighted by molar-refractivity contribution is 8.76. The fraction of sp³-hybridized carbons (Fsp3) is 0.346. The molecule has 2 aromatic heterocycles. The van der Waals surface area contributed by atoms with E-state index in [1.807, 2.05) is 60.0 Å². The van der Waals surface area contributed by atoms with Crippen molar-refractivity contribution >= 4 is 46.2 Å². The average Bonchev–Trinajstić information content (AvgIpc) is 3.36. The summed E-state index contributed by atoms with van der Waals surface area (Å²) in [4.78, 5) is 12.5. The SMILES string of the molecule is C[C@H](Cn1cnc2c(N)ncnc21)OCP(=O)(Oc1ccccc1)OC1CSSC[C@@H]1OCc1ccccc1. The number of fused-ring (bicyclic) bond motifs is 1. The van der Waals surface area contributed by atoms with E-state index in [0.29, 0.717) is 47.4 Å². The van der Waals surface area contributed by atoms with Gasteiger partial charge in [-0.2, -0.15) is 0 Å². The molecule has 13 heteroatoms. The van der Waals surface area contributed by atoms with Gasteiger partial charge in [-0.3, -0.25) is 4.52 Å². The number of nitrogens with two attached hydrogens (primary N) is 1. The quantitative estimate of drug-likeness (QED) is 0.169. The molecule has 0 amide bonds. The molecule has 39 heavy (non-hydrogen) atoms. The number of hydrogen-bond donors (Lipinski definition) is 1. The Morgan fingerprint density at radius 2 is 1.74 bits per heavy atom. The molecule has 0 saturated carbocycles. The lowest BCUT2D eigenvalue weighted by Gasteiger charge is -2.33. The highest BCUT2D eigenvalue weighted by Gasteiger charge is 2.38. The topological polar surface area (TPSA) is 124 Å². The van der Waals surface area contributed by atoms with Gasteiger partial charge in [-0.1, -0.05) is 70.1 Å². The summed E-state index contributed by atoms with van der Waals surface area (Å²) in [6.07, 6.45) is 1.78. The van der Waals surface area contributed by atoms with Crippen molar-refractivity contribution in [2.75, 3.05) is 23.6 Å². The molecule has 0 radical (unpaired) electrons. The second-order valence-electron chi connectivity index (χ2n) is 9.00. The summed E-state index contributed by atoms with van der Waals surface area (Å²) in [7, 11) is -0.355. The zero-order chi connectivity index (χ0) is 27.1. The van der Waals surface area contributed by atoms with Crippen LogP contribution in [0.25, 0.3) is 11.2 Å². The molecule has 10 nitrogen and oxygen atoms in total. The van der Waals surface area contributed by atoms with Crippen LogP contribution in [0.5, 0.6) is 5.75 Å². The lowest BCUT2D eigenvalue weighted by molar-refractivity contribution is -0.0192. The molecule has 3 heterocycles. The summed E-state index contributed by atoms with van der Waals surface area (Å²) in [5, 5.41) is 0. The van der Waals surface area contributed by atoms with Crippen molar-refractivity contribution in [1.82, 2.24) is 19.5 Å². The molecule has 2 unspecified atom stereocenters. The van der Waals surface area contributed by atoms with Gasteiger partial charge in [0, 0.05) is 11.5 Å². The monoisotopic (exact) mass is 587 g/mol. The number of ether oxygens (including phenoxy) is 2. The third-order valence-corrected chi connectivity index (χ3v) is 9.91. The van der Waals surface area contributed by atoms with Gasteiger partial charge in [-0.25, -0.2) is 19.5 Å². The van der Waals surface area contributed by atoms with Crippen molar-refractivity contribution in [3.05, 3.63) is 78.9 Å². The first kappa shape index (κ1) is 27.9. The van der Waals surface area contributed by atoms with Gasteiger partial charge in [-0.05, 0) is 24.6 Å². The maximum absolute atomic E-state index is 14.1. The number of benzene rings is 2. The molecule has 1 saturated heterocycles. The van der Waals surface area contributed by atoms with Gasteiger partial charge in [0.25, 0.3) is 0 Å². The van der Waals surface area contributed by atoms with Crippen molar-refractivity contribution < 1.29 is 23.1 Å². The van der Waals surface area contributed by atoms with E-state index < -0.39 is 13.7 Å². The molecule has 2 N–H and O–H groups in total. The Morgan fingerprint density at radius 1 is 1.03 bits per heavy atom. The van der Waals surface area contributed by atoms with E-state index in [1.165, 1.54) is 6.33 Å². The van der Waals surface area contributed by atoms with Crippen molar-refractivity contribution in [2.24, 2.45) is 0 Å². The van der Waals surface area contributed by atoms with Crippen molar-refractivity contribution in [3.8, 4) is 5.75 Å². The Balaban J connectivity index is 1.27. The molecule has 1 aliphatic heterocycles. The Hall–Kier alpha value is -2.60. The molecule has 1 fully saturated rings. The van der Waals surface area contributed by atoms with Gasteiger partial charge in [-0.15, -0.1) is 0 Å². The number of para-hydroxylation sites is 1. The standard InChI is InChI=1S/C26H30N5O5PS2/c1-19(12-31-17-30-24-25(27)28-16-29-26(24)31)34-18-37(32,35-21-10-6-3-7-11-21)36-23-15-39-38-14-22(23)33-13-20-8-4-2-5-9-20/h2-11,16-17,19,22-23H,12-15,18H2,1H3,(H2,27,28,29)/t19-,22+,23?,37?/m1/s1. The molecule has 2 aromatic carbocycles. The minimum Gasteiger partial charge on any atom is -0.423 e. The Morgan fingerprint density at radius 3 is 2.51 bits per heavy atom. The fourth-order valence-electron chi connectivity index (χ4n) is 3.98. The van der Waals surface area contributed by atoms with E-state index in [4.69, 9.17) is 24.3 Å². The molecule has 1 aliphatic rings. The summed E-state index contributed by atoms with van der Waals surface area (Å²) in [6, 6.07) is 19.0. The first-order valence-electron chi connectivity index (χ1n) is 12.4. The van der Waals surface area contributed by atoms with Crippen LogP contribution in [-0.4, -0.2) is 55.7 Å². The summed E-state index contributed by atoms with van der Waals surface area (Å²) in [5.41, 5.74) is 8.10. The first-order chi connectivity index (χ1) is 19.0. The van der Waals surface area contributed by atoms with E-state index >= 15 is 0 Å². The summed E-state index contributed by atoms with van der Waals surface area (Å²) in [6.45, 7) is 2.74. The normalized spacial score (nSPS) is 19.9. The predicted molar refractivity (Wildman–Crippen MR) is 155 cm³/mol. The van der Waals surface area contributed by atoms with Gasteiger partial charge in [0.15, 0.2) is 17.8 Å². The average molecular weight is 588 g/mol. The smallest absolute Gasteiger partial charge is 0.405 e. The minimum atomic E-state index is -3.74. The van der Waals surface area contributed by atoms with E-state index in [1.54, 1.807) is 40.0 Å². The highest BCUT2D eigenvalue weighted by Crippen LogP contribution is 2.52. The Kier molecular flexibility index (Phi) is 9.44. The number of aromatic nitrogens is 4. The number of imidazole rings is 1. The van der Waals surface area contributed by atoms with E-state index in [-0.39, 0.29) is 18.6 Å². The molecule has 4 atom stereocenters. The molecule has 0 spiro atoms. The second kappa shape index (κ2) is 13.2. The first-order valence-corrected chi connectivity index (χ1v) is 16.7. The molecular formula is C26H30N5O5PS2. The van der Waals surface area contributed by atoms with Crippen LogP contribution in [0.3, 0.4) is 0 Å². The third kappa shape index (κ3) is 7.53. The third-order valence-electron chi connectivity index (χ3n) is 5.95. The lowest BCUT2D eigenvalue weighted by Crippen LogP contribution is -2.38. The van der Waals surface area contributed by atoms with Gasteiger partial charge >= 0.3 is 7.60 Å². The number of rotatable bonds is 12. The summed E-state index contributed by atoms with van der Waals surface area (Å²) >= 11 is 0. The molecule has 4 aromatic rings. The maximum Gasteiger partial charge on any atom is 0.405 e. The van der Waals surface area contributed by atoms with Crippen LogP contribution >= 0.6 is 29.2 Å². The van der Waals surface area contributed by atoms with Crippen molar-refractivity contribution in [1.29, 1.82) is 0 Å². The number of nitrogen functional groups attached to an aromatic ring is 1.